The molecule has 2 aromatic rings. The van der Waals surface area contributed by atoms with Crippen molar-refractivity contribution >= 4 is 46.4 Å². The number of aliphatic hydroxyl groups is 1. The summed E-state index contributed by atoms with van der Waals surface area (Å²) in [5.41, 5.74) is 1.87. The van der Waals surface area contributed by atoms with E-state index in [4.69, 9.17) is 28.6 Å². The van der Waals surface area contributed by atoms with Crippen molar-refractivity contribution in [3.8, 4) is 17.6 Å². The van der Waals surface area contributed by atoms with E-state index in [1.165, 1.54) is 5.56 Å². The fraction of sp³-hybridized carbons (Fsp3) is 0.318. The van der Waals surface area contributed by atoms with E-state index in [0.29, 0.717) is 15.9 Å². The maximum atomic E-state index is 9.75. The van der Waals surface area contributed by atoms with Crippen molar-refractivity contribution in [1.82, 2.24) is 4.90 Å². The van der Waals surface area contributed by atoms with Crippen LogP contribution in [0.5, 0.6) is 5.75 Å². The first kappa shape index (κ1) is 21.8. The lowest BCUT2D eigenvalue weighted by Gasteiger charge is -2.27. The average molecular weight is 447 g/mol. The predicted octanol–water partition coefficient (Wildman–Crippen LogP) is 4.92. The molecule has 0 spiro atoms. The van der Waals surface area contributed by atoms with E-state index >= 15 is 0 Å². The van der Waals surface area contributed by atoms with E-state index < -0.39 is 5.60 Å². The van der Waals surface area contributed by atoms with Crippen molar-refractivity contribution < 1.29 is 9.84 Å². The van der Waals surface area contributed by atoms with Crippen LogP contribution in [0, 0.1) is 11.8 Å². The quantitative estimate of drug-likeness (QED) is 0.515. The molecule has 0 radical (unpaired) electrons. The number of halogens is 1. The van der Waals surface area contributed by atoms with E-state index in [1.54, 1.807) is 27.0 Å². The summed E-state index contributed by atoms with van der Waals surface area (Å²) >= 11 is 13.7. The monoisotopic (exact) mass is 446 g/mol. The molecule has 1 saturated heterocycles. The highest BCUT2D eigenvalue weighted by atomic mass is 35.5. The van der Waals surface area contributed by atoms with Crippen molar-refractivity contribution in [2.75, 3.05) is 24.7 Å². The average Bonchev–Trinajstić information content (AvgIpc) is 3.16. The van der Waals surface area contributed by atoms with Crippen LogP contribution in [-0.2, 0) is 0 Å². The number of benzene rings is 2. The van der Waals surface area contributed by atoms with E-state index in [0.717, 1.165) is 23.5 Å². The zero-order chi connectivity index (χ0) is 21.0. The van der Waals surface area contributed by atoms with Crippen LogP contribution in [0.4, 0.5) is 5.69 Å². The Bertz CT molecular complexity index is 946. The Morgan fingerprint density at radius 2 is 2.03 bits per heavy atom. The highest BCUT2D eigenvalue weighted by molar-refractivity contribution is 7.99. The van der Waals surface area contributed by atoms with E-state index in [-0.39, 0.29) is 5.37 Å². The molecule has 1 atom stereocenters. The molecule has 1 fully saturated rings. The molecular formula is C22H23ClN2O2S2. The van der Waals surface area contributed by atoms with E-state index in [2.05, 4.69) is 34.2 Å². The number of nitrogens with one attached hydrogen (secondary N) is 1. The van der Waals surface area contributed by atoms with Gasteiger partial charge in [-0.2, -0.15) is 0 Å². The molecule has 4 nitrogen and oxygen atoms in total. The summed E-state index contributed by atoms with van der Waals surface area (Å²) in [6, 6.07) is 13.6. The normalized spacial score (nSPS) is 16.2. The molecule has 0 aliphatic carbocycles. The molecule has 2 N–H and O–H groups in total. The summed E-state index contributed by atoms with van der Waals surface area (Å²) < 4.78 is 5.20. The lowest BCUT2D eigenvalue weighted by molar-refractivity contribution is 0.143. The van der Waals surface area contributed by atoms with Gasteiger partial charge in [0.05, 0.1) is 12.1 Å². The Labute approximate surface area is 186 Å². The van der Waals surface area contributed by atoms with Crippen LogP contribution < -0.4 is 10.1 Å². The second-order valence-electron chi connectivity index (χ2n) is 7.13. The van der Waals surface area contributed by atoms with Gasteiger partial charge in [-0.1, -0.05) is 35.6 Å². The second-order valence-corrected chi connectivity index (χ2v) is 9.11. The molecule has 7 heteroatoms. The Morgan fingerprint density at radius 1 is 1.31 bits per heavy atom. The Kier molecular flexibility index (Phi) is 6.97. The van der Waals surface area contributed by atoms with Crippen molar-refractivity contribution in [3.63, 3.8) is 0 Å². The lowest BCUT2D eigenvalue weighted by atomic mass is 10.1. The van der Waals surface area contributed by atoms with Crippen LogP contribution in [0.3, 0.4) is 0 Å². The Morgan fingerprint density at radius 3 is 2.66 bits per heavy atom. The Hall–Kier alpha value is -1.91. The number of rotatable bonds is 3. The minimum absolute atomic E-state index is 0.139. The first-order chi connectivity index (χ1) is 13.8. The van der Waals surface area contributed by atoms with Crippen LogP contribution >= 0.6 is 35.6 Å². The fourth-order valence-electron chi connectivity index (χ4n) is 2.85. The van der Waals surface area contributed by atoms with Gasteiger partial charge in [0.15, 0.2) is 5.11 Å². The zero-order valence-corrected chi connectivity index (χ0v) is 18.9. The summed E-state index contributed by atoms with van der Waals surface area (Å²) in [6.07, 6.45) is 0. The topological polar surface area (TPSA) is 44.7 Å². The smallest absolute Gasteiger partial charge is 0.174 e. The molecule has 1 aliphatic heterocycles. The predicted molar refractivity (Wildman–Crippen MR) is 126 cm³/mol. The van der Waals surface area contributed by atoms with Crippen LogP contribution in [0.2, 0.25) is 5.02 Å². The molecule has 3 rings (SSSR count). The number of nitrogens with zero attached hydrogens (tertiary/aromatic N) is 1. The third-order valence-corrected chi connectivity index (χ3v) is 6.16. The number of thioether (sulfide) groups is 1. The van der Waals surface area contributed by atoms with Gasteiger partial charge < -0.3 is 20.1 Å². The van der Waals surface area contributed by atoms with Gasteiger partial charge in [-0.3, -0.25) is 0 Å². The summed E-state index contributed by atoms with van der Waals surface area (Å²) in [5, 5.41) is 14.4. The molecule has 0 bridgehead atoms. The molecule has 29 heavy (non-hydrogen) atoms. The molecular weight excluding hydrogens is 424 g/mol. The van der Waals surface area contributed by atoms with E-state index in [9.17, 15) is 5.11 Å². The zero-order valence-electron chi connectivity index (χ0n) is 16.5. The Balaban J connectivity index is 1.71. The van der Waals surface area contributed by atoms with Gasteiger partial charge in [0.1, 0.15) is 16.7 Å². The summed E-state index contributed by atoms with van der Waals surface area (Å²) in [7, 11) is 1.59. The third kappa shape index (κ3) is 5.80. The highest BCUT2D eigenvalue weighted by Crippen LogP contribution is 2.38. The largest absolute Gasteiger partial charge is 0.495 e. The van der Waals surface area contributed by atoms with Crippen LogP contribution in [0.15, 0.2) is 42.5 Å². The molecule has 1 heterocycles. The number of ether oxygens (including phenoxy) is 1. The summed E-state index contributed by atoms with van der Waals surface area (Å²) in [4.78, 5) is 2.18. The maximum Gasteiger partial charge on any atom is 0.174 e. The van der Waals surface area contributed by atoms with Gasteiger partial charge in [-0.25, -0.2) is 0 Å². The second kappa shape index (κ2) is 9.27. The summed E-state index contributed by atoms with van der Waals surface area (Å²) in [5.74, 6) is 7.46. The van der Waals surface area contributed by atoms with Crippen LogP contribution in [0.1, 0.15) is 30.3 Å². The summed E-state index contributed by atoms with van der Waals surface area (Å²) in [6.45, 7) is 4.21. The fourth-order valence-corrected chi connectivity index (χ4v) is 4.75. The number of anilines is 1. The standard InChI is InChI=1S/C22H23ClN2O2S2/c1-22(2,26)11-10-15-4-6-16(7-5-15)20-25(12-13-29-20)21(28)24-17-8-9-19(27-3)18(23)14-17/h4-9,14,20,26H,12-13H2,1-3H3,(H,24,28). The number of hydrogen-bond acceptors (Lipinski definition) is 4. The number of thiocarbonyl (C=S) groups is 1. The van der Waals surface area contributed by atoms with Crippen molar-refractivity contribution in [2.45, 2.75) is 24.8 Å². The van der Waals surface area contributed by atoms with E-state index in [1.807, 2.05) is 36.0 Å². The first-order valence-corrected chi connectivity index (χ1v) is 11.0. The van der Waals surface area contributed by atoms with Gasteiger partial charge in [-0.15, -0.1) is 11.8 Å². The van der Waals surface area contributed by atoms with Crippen molar-refractivity contribution in [2.24, 2.45) is 0 Å². The molecule has 0 amide bonds. The van der Waals surface area contributed by atoms with Gasteiger partial charge in [0, 0.05) is 23.5 Å². The van der Waals surface area contributed by atoms with Gasteiger partial charge in [0.2, 0.25) is 0 Å². The SMILES string of the molecule is COc1ccc(NC(=S)N2CCSC2c2ccc(C#CC(C)(C)O)cc2)cc1Cl. The first-order valence-electron chi connectivity index (χ1n) is 9.15. The third-order valence-electron chi connectivity index (χ3n) is 4.26. The molecule has 1 unspecified atom stereocenters. The molecule has 0 saturated carbocycles. The maximum absolute atomic E-state index is 9.75. The molecule has 0 aromatic heterocycles. The molecule has 152 valence electrons. The van der Waals surface area contributed by atoms with Crippen LogP contribution in [0.25, 0.3) is 0 Å². The van der Waals surface area contributed by atoms with Gasteiger partial charge in [0.25, 0.3) is 0 Å². The van der Waals surface area contributed by atoms with Gasteiger partial charge >= 0.3 is 0 Å². The number of hydrogen-bond donors (Lipinski definition) is 2. The molecule has 1 aliphatic rings. The minimum atomic E-state index is -1.00. The lowest BCUT2D eigenvalue weighted by Crippen LogP contribution is -2.34. The minimum Gasteiger partial charge on any atom is -0.495 e. The highest BCUT2D eigenvalue weighted by Gasteiger charge is 2.28. The molecule has 2 aromatic carbocycles. The van der Waals surface area contributed by atoms with Gasteiger partial charge in [-0.05, 0) is 62.0 Å². The van der Waals surface area contributed by atoms with Crippen LogP contribution in [-0.4, -0.2) is 40.1 Å². The van der Waals surface area contributed by atoms with Crippen molar-refractivity contribution in [1.29, 1.82) is 0 Å². The van der Waals surface area contributed by atoms with Crippen molar-refractivity contribution in [3.05, 3.63) is 58.6 Å². The number of methoxy groups -OCH3 is 1.